The maximum Gasteiger partial charge on any atom is 0.279 e. The van der Waals surface area contributed by atoms with Gasteiger partial charge in [-0.25, -0.2) is 8.78 Å². The summed E-state index contributed by atoms with van der Waals surface area (Å²) >= 11 is 5.04. The van der Waals surface area contributed by atoms with Gasteiger partial charge in [-0.05, 0) is 11.6 Å². The van der Waals surface area contributed by atoms with Crippen LogP contribution in [0.1, 0.15) is 22.5 Å². The van der Waals surface area contributed by atoms with Crippen LogP contribution in [0.25, 0.3) is 0 Å². The SMILES string of the molecule is COc1c[nH]c(C(F)F)c(C(=O)Cl)c1=O. The van der Waals surface area contributed by atoms with Gasteiger partial charge < -0.3 is 9.72 Å². The van der Waals surface area contributed by atoms with Crippen LogP contribution in [0, 0.1) is 0 Å². The van der Waals surface area contributed by atoms with E-state index in [0.717, 1.165) is 6.20 Å². The van der Waals surface area contributed by atoms with E-state index in [9.17, 15) is 18.4 Å². The Hall–Kier alpha value is -1.43. The summed E-state index contributed by atoms with van der Waals surface area (Å²) in [5.74, 6) is -0.247. The van der Waals surface area contributed by atoms with Gasteiger partial charge in [0.05, 0.1) is 12.8 Å². The minimum atomic E-state index is -2.98. The molecule has 0 atom stereocenters. The number of hydrogen-bond acceptors (Lipinski definition) is 3. The molecule has 1 N–H and O–H groups in total. The number of aromatic amines is 1. The van der Waals surface area contributed by atoms with E-state index < -0.39 is 28.4 Å². The second-order valence-corrected chi connectivity index (χ2v) is 2.89. The highest BCUT2D eigenvalue weighted by atomic mass is 35.5. The molecule has 7 heteroatoms. The molecular weight excluding hydrogens is 232 g/mol. The van der Waals surface area contributed by atoms with Gasteiger partial charge in [-0.15, -0.1) is 0 Å². The van der Waals surface area contributed by atoms with Crippen LogP contribution >= 0.6 is 11.6 Å². The molecule has 0 spiro atoms. The summed E-state index contributed by atoms with van der Waals surface area (Å²) in [4.78, 5) is 24.3. The third-order valence-electron chi connectivity index (χ3n) is 1.71. The van der Waals surface area contributed by atoms with Crippen LogP contribution in [-0.4, -0.2) is 17.3 Å². The van der Waals surface area contributed by atoms with E-state index in [4.69, 9.17) is 11.6 Å². The Morgan fingerprint density at radius 1 is 1.60 bits per heavy atom. The van der Waals surface area contributed by atoms with Crippen LogP contribution in [0.15, 0.2) is 11.0 Å². The Labute approximate surface area is 87.8 Å². The fourth-order valence-corrected chi connectivity index (χ4v) is 1.23. The predicted octanol–water partition coefficient (Wildman–Crippen LogP) is 1.70. The lowest BCUT2D eigenvalue weighted by Gasteiger charge is -2.06. The number of rotatable bonds is 3. The zero-order valence-corrected chi connectivity index (χ0v) is 8.27. The number of alkyl halides is 2. The molecule has 0 aromatic carbocycles. The van der Waals surface area contributed by atoms with Crippen molar-refractivity contribution >= 4 is 16.8 Å². The zero-order valence-electron chi connectivity index (χ0n) is 7.51. The van der Waals surface area contributed by atoms with Crippen molar-refractivity contribution in [3.63, 3.8) is 0 Å². The standard InChI is InChI=1S/C8H6ClF2NO3/c1-15-3-2-12-5(8(10)11)4(6(3)13)7(9)14/h2,8H,1H3,(H,12,13). The summed E-state index contributed by atoms with van der Waals surface area (Å²) in [5, 5.41) is -1.24. The maximum atomic E-state index is 12.4. The van der Waals surface area contributed by atoms with Crippen molar-refractivity contribution in [3.8, 4) is 5.75 Å². The predicted molar refractivity (Wildman–Crippen MR) is 48.8 cm³/mol. The van der Waals surface area contributed by atoms with Crippen molar-refractivity contribution in [1.29, 1.82) is 0 Å². The lowest BCUT2D eigenvalue weighted by Crippen LogP contribution is -2.18. The highest BCUT2D eigenvalue weighted by Gasteiger charge is 2.23. The molecule has 0 unspecified atom stereocenters. The number of carbonyl (C=O) groups excluding carboxylic acids is 1. The number of ether oxygens (including phenoxy) is 1. The average Bonchev–Trinajstić information content (AvgIpc) is 2.16. The molecule has 1 aromatic rings. The lowest BCUT2D eigenvalue weighted by atomic mass is 10.2. The van der Waals surface area contributed by atoms with Crippen molar-refractivity contribution < 1.29 is 18.3 Å². The average molecular weight is 238 g/mol. The van der Waals surface area contributed by atoms with Crippen LogP contribution < -0.4 is 10.2 Å². The first-order valence-electron chi connectivity index (χ1n) is 3.76. The smallest absolute Gasteiger partial charge is 0.279 e. The summed E-state index contributed by atoms with van der Waals surface area (Å²) in [5.41, 5.74) is -2.54. The Bertz CT molecular complexity index is 444. The number of halogens is 3. The van der Waals surface area contributed by atoms with Gasteiger partial charge in [0.15, 0.2) is 5.75 Å². The van der Waals surface area contributed by atoms with Crippen molar-refractivity contribution in [2.45, 2.75) is 6.43 Å². The fourth-order valence-electron chi connectivity index (χ4n) is 1.05. The highest BCUT2D eigenvalue weighted by molar-refractivity contribution is 6.67. The van der Waals surface area contributed by atoms with E-state index >= 15 is 0 Å². The minimum absolute atomic E-state index is 0.247. The first-order chi connectivity index (χ1) is 6.99. The van der Waals surface area contributed by atoms with Gasteiger partial charge in [0.1, 0.15) is 5.56 Å². The second-order valence-electron chi connectivity index (χ2n) is 2.55. The third-order valence-corrected chi connectivity index (χ3v) is 1.90. The molecule has 1 heterocycles. The topological polar surface area (TPSA) is 59.2 Å². The molecule has 0 amide bonds. The van der Waals surface area contributed by atoms with Crippen LogP contribution in [0.5, 0.6) is 5.75 Å². The van der Waals surface area contributed by atoms with Gasteiger partial charge in [0.25, 0.3) is 11.7 Å². The number of nitrogens with one attached hydrogen (secondary N) is 1. The summed E-state index contributed by atoms with van der Waals surface area (Å²) < 4.78 is 29.3. The molecular formula is C8H6ClF2NO3. The molecule has 0 fully saturated rings. The maximum absolute atomic E-state index is 12.4. The molecule has 1 aromatic heterocycles. The van der Waals surface area contributed by atoms with Gasteiger partial charge in [0, 0.05) is 6.20 Å². The van der Waals surface area contributed by atoms with Crippen LogP contribution in [-0.2, 0) is 0 Å². The van der Waals surface area contributed by atoms with Crippen molar-refractivity contribution in [2.24, 2.45) is 0 Å². The van der Waals surface area contributed by atoms with E-state index in [-0.39, 0.29) is 5.75 Å². The van der Waals surface area contributed by atoms with E-state index in [2.05, 4.69) is 9.72 Å². The lowest BCUT2D eigenvalue weighted by molar-refractivity contribution is 0.106. The highest BCUT2D eigenvalue weighted by Crippen LogP contribution is 2.21. The van der Waals surface area contributed by atoms with Crippen LogP contribution in [0.4, 0.5) is 8.78 Å². The monoisotopic (exact) mass is 237 g/mol. The first-order valence-corrected chi connectivity index (χ1v) is 4.14. The number of methoxy groups -OCH3 is 1. The number of carbonyl (C=O) groups is 1. The van der Waals surface area contributed by atoms with Crippen molar-refractivity contribution in [2.75, 3.05) is 7.11 Å². The van der Waals surface area contributed by atoms with Gasteiger partial charge >= 0.3 is 0 Å². The van der Waals surface area contributed by atoms with E-state index in [1.807, 2.05) is 0 Å². The molecule has 82 valence electrons. The molecule has 0 radical (unpaired) electrons. The normalized spacial score (nSPS) is 10.5. The fraction of sp³-hybridized carbons (Fsp3) is 0.250. The minimum Gasteiger partial charge on any atom is -0.491 e. The Morgan fingerprint density at radius 2 is 2.20 bits per heavy atom. The third kappa shape index (κ3) is 2.15. The van der Waals surface area contributed by atoms with Crippen molar-refractivity contribution in [1.82, 2.24) is 4.98 Å². The molecule has 0 aliphatic rings. The van der Waals surface area contributed by atoms with E-state index in [0.29, 0.717) is 0 Å². The molecule has 0 aliphatic carbocycles. The molecule has 0 aliphatic heterocycles. The largest absolute Gasteiger partial charge is 0.491 e. The number of hydrogen-bond donors (Lipinski definition) is 1. The second kappa shape index (κ2) is 4.39. The zero-order chi connectivity index (χ0) is 11.6. The van der Waals surface area contributed by atoms with Gasteiger partial charge in [0.2, 0.25) is 5.43 Å². The molecule has 15 heavy (non-hydrogen) atoms. The quantitative estimate of drug-likeness (QED) is 0.814. The van der Waals surface area contributed by atoms with Crippen LogP contribution in [0.3, 0.4) is 0 Å². The van der Waals surface area contributed by atoms with E-state index in [1.165, 1.54) is 7.11 Å². The van der Waals surface area contributed by atoms with E-state index in [1.54, 1.807) is 0 Å². The number of aromatic nitrogens is 1. The summed E-state index contributed by atoms with van der Waals surface area (Å²) in [7, 11) is 1.18. The number of pyridine rings is 1. The molecule has 4 nitrogen and oxygen atoms in total. The Morgan fingerprint density at radius 3 is 2.60 bits per heavy atom. The number of H-pyrrole nitrogens is 1. The summed E-state index contributed by atoms with van der Waals surface area (Å²) in [6.45, 7) is 0. The Balaban J connectivity index is 3.52. The Kier molecular flexibility index (Phi) is 3.41. The molecule has 0 saturated carbocycles. The van der Waals surface area contributed by atoms with Crippen molar-refractivity contribution in [3.05, 3.63) is 27.7 Å². The molecule has 0 saturated heterocycles. The van der Waals surface area contributed by atoms with Crippen LogP contribution in [0.2, 0.25) is 0 Å². The molecule has 0 bridgehead atoms. The summed E-state index contributed by atoms with van der Waals surface area (Å²) in [6, 6.07) is 0. The van der Waals surface area contributed by atoms with Gasteiger partial charge in [-0.2, -0.15) is 0 Å². The van der Waals surface area contributed by atoms with Gasteiger partial charge in [-0.3, -0.25) is 9.59 Å². The van der Waals surface area contributed by atoms with Gasteiger partial charge in [-0.1, -0.05) is 0 Å². The summed E-state index contributed by atoms with van der Waals surface area (Å²) in [6.07, 6.45) is -2.03. The first kappa shape index (κ1) is 11.6. The molecule has 1 rings (SSSR count).